The van der Waals surface area contributed by atoms with E-state index < -0.39 is 9.84 Å². The van der Waals surface area contributed by atoms with Crippen molar-refractivity contribution in [3.05, 3.63) is 54.1 Å². The highest BCUT2D eigenvalue weighted by Crippen LogP contribution is 2.23. The molecule has 22 heavy (non-hydrogen) atoms. The molecule has 0 bridgehead atoms. The molecule has 1 amide bonds. The number of carbonyl (C=O) groups excluding carboxylic acids is 1. The third kappa shape index (κ3) is 3.95. The zero-order valence-corrected chi connectivity index (χ0v) is 13.6. The monoisotopic (exact) mass is 317 g/mol. The summed E-state index contributed by atoms with van der Waals surface area (Å²) in [4.78, 5) is 11.4. The lowest BCUT2D eigenvalue weighted by Gasteiger charge is -2.13. The highest BCUT2D eigenvalue weighted by molar-refractivity contribution is 7.90. The van der Waals surface area contributed by atoms with Gasteiger partial charge in [0.05, 0.1) is 10.9 Å². The molecule has 0 saturated heterocycles. The van der Waals surface area contributed by atoms with Crippen molar-refractivity contribution >= 4 is 15.7 Å². The van der Waals surface area contributed by atoms with Crippen LogP contribution in [0.3, 0.4) is 0 Å². The summed E-state index contributed by atoms with van der Waals surface area (Å²) in [6.07, 6.45) is 1.19. The average molecular weight is 317 g/mol. The van der Waals surface area contributed by atoms with Crippen LogP contribution < -0.4 is 5.32 Å². The number of hydrogen-bond donors (Lipinski definition) is 1. The SMILES string of the molecule is CC(=O)N[C@H](C)c1ccc(-c2ccc(S(C)(=O)=O)cc2)cc1. The Hall–Kier alpha value is -2.14. The van der Waals surface area contributed by atoms with Crippen molar-refractivity contribution in [1.82, 2.24) is 5.32 Å². The lowest BCUT2D eigenvalue weighted by molar-refractivity contribution is -0.119. The number of hydrogen-bond acceptors (Lipinski definition) is 3. The van der Waals surface area contributed by atoms with Crippen molar-refractivity contribution in [1.29, 1.82) is 0 Å². The van der Waals surface area contributed by atoms with Gasteiger partial charge in [-0.2, -0.15) is 0 Å². The van der Waals surface area contributed by atoms with Gasteiger partial charge >= 0.3 is 0 Å². The molecule has 1 N–H and O–H groups in total. The summed E-state index contributed by atoms with van der Waals surface area (Å²) >= 11 is 0. The molecule has 0 aliphatic rings. The van der Waals surface area contributed by atoms with Crippen molar-refractivity contribution in [2.24, 2.45) is 0 Å². The molecule has 0 fully saturated rings. The molecule has 0 unspecified atom stereocenters. The summed E-state index contributed by atoms with van der Waals surface area (Å²) in [5, 5.41) is 2.84. The highest BCUT2D eigenvalue weighted by atomic mass is 32.2. The second-order valence-corrected chi connectivity index (χ2v) is 7.36. The fourth-order valence-corrected chi connectivity index (χ4v) is 2.88. The molecule has 116 valence electrons. The summed E-state index contributed by atoms with van der Waals surface area (Å²) in [6.45, 7) is 3.42. The maximum atomic E-state index is 11.5. The molecule has 4 nitrogen and oxygen atoms in total. The normalized spacial score (nSPS) is 12.7. The number of nitrogens with one attached hydrogen (secondary N) is 1. The topological polar surface area (TPSA) is 63.2 Å². The van der Waals surface area contributed by atoms with Gasteiger partial charge in [-0.3, -0.25) is 4.79 Å². The number of carbonyl (C=O) groups is 1. The van der Waals surface area contributed by atoms with Gasteiger partial charge in [-0.15, -0.1) is 0 Å². The van der Waals surface area contributed by atoms with Crippen LogP contribution in [0.4, 0.5) is 0 Å². The Morgan fingerprint density at radius 2 is 1.41 bits per heavy atom. The Morgan fingerprint density at radius 3 is 1.82 bits per heavy atom. The minimum Gasteiger partial charge on any atom is -0.350 e. The van der Waals surface area contributed by atoms with Gasteiger partial charge in [0.25, 0.3) is 0 Å². The highest BCUT2D eigenvalue weighted by Gasteiger charge is 2.08. The summed E-state index contributed by atoms with van der Waals surface area (Å²) in [5.41, 5.74) is 2.97. The molecule has 2 aromatic carbocycles. The molecule has 0 aliphatic heterocycles. The van der Waals surface area contributed by atoms with E-state index >= 15 is 0 Å². The van der Waals surface area contributed by atoms with E-state index in [0.29, 0.717) is 4.90 Å². The Morgan fingerprint density at radius 1 is 0.955 bits per heavy atom. The quantitative estimate of drug-likeness (QED) is 0.943. The smallest absolute Gasteiger partial charge is 0.217 e. The molecule has 0 heterocycles. The Labute approximate surface area is 131 Å². The third-order valence-electron chi connectivity index (χ3n) is 3.45. The van der Waals surface area contributed by atoms with Gasteiger partial charge < -0.3 is 5.32 Å². The summed E-state index contributed by atoms with van der Waals surface area (Å²) < 4.78 is 22.9. The van der Waals surface area contributed by atoms with Crippen LogP contribution in [0.25, 0.3) is 11.1 Å². The maximum Gasteiger partial charge on any atom is 0.217 e. The first-order valence-electron chi connectivity index (χ1n) is 6.95. The average Bonchev–Trinajstić information content (AvgIpc) is 2.46. The zero-order chi connectivity index (χ0) is 16.3. The molecule has 0 aromatic heterocycles. The zero-order valence-electron chi connectivity index (χ0n) is 12.8. The lowest BCUT2D eigenvalue weighted by Crippen LogP contribution is -2.23. The Balaban J connectivity index is 2.22. The molecular formula is C17H19NO3S. The van der Waals surface area contributed by atoms with E-state index in [4.69, 9.17) is 0 Å². The van der Waals surface area contributed by atoms with E-state index in [1.807, 2.05) is 31.2 Å². The number of sulfone groups is 1. The molecular weight excluding hydrogens is 298 g/mol. The van der Waals surface area contributed by atoms with Crippen LogP contribution in [0, 0.1) is 0 Å². The summed E-state index contributed by atoms with van der Waals surface area (Å²) in [7, 11) is -3.17. The van der Waals surface area contributed by atoms with E-state index in [0.717, 1.165) is 16.7 Å². The molecule has 0 spiro atoms. The standard InChI is InChI=1S/C17H19NO3S/c1-12(18-13(2)19)14-4-6-15(7-5-14)16-8-10-17(11-9-16)22(3,20)21/h4-12H,1-3H3,(H,18,19)/t12-/m1/s1. The van der Waals surface area contributed by atoms with Crippen molar-refractivity contribution < 1.29 is 13.2 Å². The number of amides is 1. The first-order valence-corrected chi connectivity index (χ1v) is 8.84. The van der Waals surface area contributed by atoms with Gasteiger partial charge in [-0.05, 0) is 35.7 Å². The van der Waals surface area contributed by atoms with E-state index in [2.05, 4.69) is 5.32 Å². The minimum atomic E-state index is -3.17. The summed E-state index contributed by atoms with van der Waals surface area (Å²) in [5.74, 6) is -0.0621. The Bertz CT molecular complexity index is 763. The molecule has 0 radical (unpaired) electrons. The van der Waals surface area contributed by atoms with Gasteiger partial charge in [0.15, 0.2) is 9.84 Å². The largest absolute Gasteiger partial charge is 0.350 e. The predicted octanol–water partition coefficient (Wildman–Crippen LogP) is 2.95. The fraction of sp³-hybridized carbons (Fsp3) is 0.235. The van der Waals surface area contributed by atoms with Crippen molar-refractivity contribution in [3.8, 4) is 11.1 Å². The molecule has 0 aliphatic carbocycles. The van der Waals surface area contributed by atoms with E-state index in [1.54, 1.807) is 24.3 Å². The van der Waals surface area contributed by atoms with Crippen LogP contribution in [0.5, 0.6) is 0 Å². The van der Waals surface area contributed by atoms with Gasteiger partial charge in [-0.1, -0.05) is 36.4 Å². The van der Waals surface area contributed by atoms with Gasteiger partial charge in [-0.25, -0.2) is 8.42 Å². The second kappa shape index (κ2) is 6.32. The minimum absolute atomic E-state index is 0.0424. The first-order chi connectivity index (χ1) is 10.3. The van der Waals surface area contributed by atoms with E-state index in [-0.39, 0.29) is 11.9 Å². The van der Waals surface area contributed by atoms with Crippen molar-refractivity contribution in [2.75, 3.05) is 6.26 Å². The predicted molar refractivity (Wildman–Crippen MR) is 87.2 cm³/mol. The van der Waals surface area contributed by atoms with Gasteiger partial charge in [0.1, 0.15) is 0 Å². The van der Waals surface area contributed by atoms with Crippen LogP contribution in [0.1, 0.15) is 25.5 Å². The van der Waals surface area contributed by atoms with Crippen LogP contribution in [-0.2, 0) is 14.6 Å². The first kappa shape index (κ1) is 16.2. The van der Waals surface area contributed by atoms with Crippen LogP contribution in [0.15, 0.2) is 53.4 Å². The van der Waals surface area contributed by atoms with E-state index in [1.165, 1.54) is 13.2 Å². The van der Waals surface area contributed by atoms with Gasteiger partial charge in [0, 0.05) is 13.2 Å². The molecule has 0 saturated carbocycles. The van der Waals surface area contributed by atoms with Crippen LogP contribution >= 0.6 is 0 Å². The van der Waals surface area contributed by atoms with E-state index in [9.17, 15) is 13.2 Å². The van der Waals surface area contributed by atoms with Gasteiger partial charge in [0.2, 0.25) is 5.91 Å². The second-order valence-electron chi connectivity index (χ2n) is 5.34. The molecule has 2 rings (SSSR count). The van der Waals surface area contributed by atoms with Crippen molar-refractivity contribution in [2.45, 2.75) is 24.8 Å². The van der Waals surface area contributed by atoms with Crippen LogP contribution in [-0.4, -0.2) is 20.6 Å². The summed E-state index contributed by atoms with van der Waals surface area (Å²) in [6, 6.07) is 14.6. The van der Waals surface area contributed by atoms with Crippen LogP contribution in [0.2, 0.25) is 0 Å². The lowest BCUT2D eigenvalue weighted by atomic mass is 10.0. The fourth-order valence-electron chi connectivity index (χ4n) is 2.25. The number of rotatable bonds is 4. The maximum absolute atomic E-state index is 11.5. The Kier molecular flexibility index (Phi) is 4.66. The molecule has 1 atom stereocenters. The van der Waals surface area contributed by atoms with Crippen molar-refractivity contribution in [3.63, 3.8) is 0 Å². The molecule has 5 heteroatoms. The number of benzene rings is 2. The molecule has 2 aromatic rings. The third-order valence-corrected chi connectivity index (χ3v) is 4.57.